The number of carbonyl (C=O) groups excluding carboxylic acids is 1. The molecule has 0 unspecified atom stereocenters. The van der Waals surface area contributed by atoms with Gasteiger partial charge < -0.3 is 31.6 Å². The molecular formula is C30H36N6O3. The molecule has 1 fully saturated rings. The fraction of sp³-hybridized carbons (Fsp3) is 0.300. The molecule has 204 valence electrons. The second-order valence-electron chi connectivity index (χ2n) is 9.77. The third kappa shape index (κ3) is 7.36. The normalized spacial score (nSPS) is 13.6. The van der Waals surface area contributed by atoms with Crippen molar-refractivity contribution in [3.05, 3.63) is 94.5 Å². The number of benzene rings is 3. The van der Waals surface area contributed by atoms with Gasteiger partial charge in [-0.1, -0.05) is 48.5 Å². The largest absolute Gasteiger partial charge is 0.489 e. The van der Waals surface area contributed by atoms with Gasteiger partial charge in [-0.05, 0) is 55.0 Å². The van der Waals surface area contributed by atoms with Gasteiger partial charge in [-0.25, -0.2) is 0 Å². The van der Waals surface area contributed by atoms with Crippen molar-refractivity contribution in [2.24, 2.45) is 23.1 Å². The van der Waals surface area contributed by atoms with Crippen molar-refractivity contribution in [2.75, 3.05) is 19.6 Å². The number of carbonyl (C=O) groups is 1. The molecule has 0 aromatic heterocycles. The van der Waals surface area contributed by atoms with Crippen LogP contribution in [0.3, 0.4) is 0 Å². The first kappa shape index (κ1) is 27.7. The molecule has 1 amide bonds. The zero-order valence-corrected chi connectivity index (χ0v) is 22.0. The van der Waals surface area contributed by atoms with Gasteiger partial charge in [0.15, 0.2) is 0 Å². The highest BCUT2D eigenvalue weighted by Crippen LogP contribution is 2.30. The molecule has 1 aliphatic rings. The highest BCUT2D eigenvalue weighted by Gasteiger charge is 2.25. The van der Waals surface area contributed by atoms with Crippen molar-refractivity contribution in [3.8, 4) is 11.5 Å². The topological polar surface area (TPSA) is 165 Å². The number of nitrogens with zero attached hydrogens (tertiary/aromatic N) is 1. The van der Waals surface area contributed by atoms with Crippen LogP contribution in [0.25, 0.3) is 0 Å². The van der Waals surface area contributed by atoms with Crippen LogP contribution in [0.2, 0.25) is 0 Å². The third-order valence-corrected chi connectivity index (χ3v) is 6.99. The lowest BCUT2D eigenvalue weighted by molar-refractivity contribution is 0.0683. The van der Waals surface area contributed by atoms with Crippen LogP contribution in [0, 0.1) is 16.7 Å². The van der Waals surface area contributed by atoms with E-state index < -0.39 is 0 Å². The van der Waals surface area contributed by atoms with E-state index in [9.17, 15) is 4.79 Å². The fourth-order valence-corrected chi connectivity index (χ4v) is 4.61. The van der Waals surface area contributed by atoms with Crippen LogP contribution in [0.15, 0.2) is 66.7 Å². The Kier molecular flexibility index (Phi) is 9.17. The van der Waals surface area contributed by atoms with Gasteiger partial charge in [0.1, 0.15) is 36.4 Å². The summed E-state index contributed by atoms with van der Waals surface area (Å²) in [6.45, 7) is 2.62. The van der Waals surface area contributed by atoms with E-state index in [0.717, 1.165) is 30.4 Å². The Labute approximate surface area is 228 Å². The average Bonchev–Trinajstić information content (AvgIpc) is 2.95. The lowest BCUT2D eigenvalue weighted by atomic mass is 9.93. The van der Waals surface area contributed by atoms with Crippen LogP contribution in [-0.2, 0) is 13.2 Å². The predicted octanol–water partition coefficient (Wildman–Crippen LogP) is 3.61. The number of amidine groups is 2. The number of nitrogens with two attached hydrogens (primary N) is 3. The van der Waals surface area contributed by atoms with Crippen molar-refractivity contribution in [1.29, 1.82) is 10.8 Å². The van der Waals surface area contributed by atoms with Crippen LogP contribution < -0.4 is 26.7 Å². The molecule has 1 saturated heterocycles. The monoisotopic (exact) mass is 528 g/mol. The highest BCUT2D eigenvalue weighted by atomic mass is 16.5. The highest BCUT2D eigenvalue weighted by molar-refractivity contribution is 5.97. The first-order chi connectivity index (χ1) is 18.8. The van der Waals surface area contributed by atoms with Crippen molar-refractivity contribution >= 4 is 17.6 Å². The second-order valence-corrected chi connectivity index (χ2v) is 9.77. The fourth-order valence-electron chi connectivity index (χ4n) is 4.61. The summed E-state index contributed by atoms with van der Waals surface area (Å²) < 4.78 is 12.2. The molecule has 0 aliphatic carbocycles. The third-order valence-electron chi connectivity index (χ3n) is 6.99. The maximum Gasteiger partial charge on any atom is 0.257 e. The maximum atomic E-state index is 13.5. The molecule has 1 heterocycles. The van der Waals surface area contributed by atoms with Crippen LogP contribution in [0.5, 0.6) is 11.5 Å². The van der Waals surface area contributed by atoms with Gasteiger partial charge in [0, 0.05) is 30.3 Å². The zero-order chi connectivity index (χ0) is 27.8. The summed E-state index contributed by atoms with van der Waals surface area (Å²) >= 11 is 0. The van der Waals surface area contributed by atoms with E-state index in [2.05, 4.69) is 0 Å². The maximum absolute atomic E-state index is 13.5. The van der Waals surface area contributed by atoms with E-state index in [1.54, 1.807) is 42.5 Å². The van der Waals surface area contributed by atoms with Gasteiger partial charge in [-0.15, -0.1) is 0 Å². The first-order valence-electron chi connectivity index (χ1n) is 13.1. The molecule has 0 saturated carbocycles. The van der Waals surface area contributed by atoms with Crippen molar-refractivity contribution < 1.29 is 14.3 Å². The molecule has 1 aliphatic heterocycles. The predicted molar refractivity (Wildman–Crippen MR) is 152 cm³/mol. The van der Waals surface area contributed by atoms with Crippen LogP contribution >= 0.6 is 0 Å². The molecule has 39 heavy (non-hydrogen) atoms. The quantitative estimate of drug-likeness (QED) is 0.188. The summed E-state index contributed by atoms with van der Waals surface area (Å²) in [4.78, 5) is 15.4. The Morgan fingerprint density at radius 1 is 0.821 bits per heavy atom. The first-order valence-corrected chi connectivity index (χ1v) is 13.1. The smallest absolute Gasteiger partial charge is 0.257 e. The Hall–Kier alpha value is -4.37. The van der Waals surface area contributed by atoms with Gasteiger partial charge in [0.2, 0.25) is 0 Å². The second kappa shape index (κ2) is 12.9. The minimum absolute atomic E-state index is 0.00590. The molecule has 8 N–H and O–H groups in total. The number of likely N-dealkylation sites (tertiary alicyclic amines) is 1. The average molecular weight is 529 g/mol. The Morgan fingerprint density at radius 2 is 1.36 bits per heavy atom. The number of nitrogen functional groups attached to an aromatic ring is 2. The summed E-state index contributed by atoms with van der Waals surface area (Å²) in [6.07, 6.45) is 2.89. The molecule has 0 bridgehead atoms. The standard InChI is InChI=1S/C30H36N6O3/c31-14-11-20-12-15-36(16-13-20)30(37)26-10-9-25(38-18-21-1-5-23(6-2-21)28(32)33)17-27(26)39-19-22-3-7-24(8-4-22)29(34)35/h1-10,17,20H,11-16,18-19,31H2,(H3,32,33)(H3,34,35). The number of amides is 1. The summed E-state index contributed by atoms with van der Waals surface area (Å²) in [5.74, 6) is 1.55. The Bertz CT molecular complexity index is 1300. The summed E-state index contributed by atoms with van der Waals surface area (Å²) in [7, 11) is 0. The zero-order valence-electron chi connectivity index (χ0n) is 22.0. The number of nitrogens with one attached hydrogen (secondary N) is 2. The van der Waals surface area contributed by atoms with E-state index >= 15 is 0 Å². The van der Waals surface area contributed by atoms with E-state index in [-0.39, 0.29) is 24.2 Å². The summed E-state index contributed by atoms with van der Waals surface area (Å²) in [5, 5.41) is 15.1. The van der Waals surface area contributed by atoms with Crippen molar-refractivity contribution in [1.82, 2.24) is 4.90 Å². The Balaban J connectivity index is 1.50. The van der Waals surface area contributed by atoms with Crippen LogP contribution in [0.1, 0.15) is 51.9 Å². The van der Waals surface area contributed by atoms with Gasteiger partial charge in [0.05, 0.1) is 5.56 Å². The molecule has 0 radical (unpaired) electrons. The number of piperidine rings is 1. The van der Waals surface area contributed by atoms with E-state index in [1.807, 2.05) is 29.2 Å². The summed E-state index contributed by atoms with van der Waals surface area (Å²) in [6, 6.07) is 19.8. The number of ether oxygens (including phenoxy) is 2. The lowest BCUT2D eigenvalue weighted by Gasteiger charge is -2.32. The SMILES string of the molecule is N=C(N)c1ccc(COc2ccc(C(=O)N3CCC(CCN)CC3)c(OCc3ccc(C(=N)N)cc3)c2)cc1. The van der Waals surface area contributed by atoms with Gasteiger partial charge in [-0.2, -0.15) is 0 Å². The molecule has 0 atom stereocenters. The molecule has 0 spiro atoms. The Morgan fingerprint density at radius 3 is 1.87 bits per heavy atom. The lowest BCUT2D eigenvalue weighted by Crippen LogP contribution is -2.39. The minimum Gasteiger partial charge on any atom is -0.489 e. The van der Waals surface area contributed by atoms with Gasteiger partial charge in [0.25, 0.3) is 5.91 Å². The van der Waals surface area contributed by atoms with Crippen LogP contribution in [0.4, 0.5) is 0 Å². The van der Waals surface area contributed by atoms with Gasteiger partial charge >= 0.3 is 0 Å². The molecule has 3 aromatic carbocycles. The molecule has 9 heteroatoms. The minimum atomic E-state index is -0.0607. The molecular weight excluding hydrogens is 492 g/mol. The molecule has 9 nitrogen and oxygen atoms in total. The van der Waals surface area contributed by atoms with Gasteiger partial charge in [-0.3, -0.25) is 15.6 Å². The van der Waals surface area contributed by atoms with Crippen molar-refractivity contribution in [3.63, 3.8) is 0 Å². The number of hydrogen-bond acceptors (Lipinski definition) is 6. The van der Waals surface area contributed by atoms with Crippen LogP contribution in [-0.4, -0.2) is 42.1 Å². The molecule has 3 aromatic rings. The molecule has 4 rings (SSSR count). The van der Waals surface area contributed by atoms with E-state index in [1.165, 1.54) is 0 Å². The van der Waals surface area contributed by atoms with E-state index in [0.29, 0.717) is 60.3 Å². The number of hydrogen-bond donors (Lipinski definition) is 5. The van der Waals surface area contributed by atoms with E-state index in [4.69, 9.17) is 37.5 Å². The van der Waals surface area contributed by atoms with Crippen molar-refractivity contribution in [2.45, 2.75) is 32.5 Å². The summed E-state index contributed by atoms with van der Waals surface area (Å²) in [5.41, 5.74) is 20.4. The number of rotatable bonds is 11.